The van der Waals surface area contributed by atoms with Gasteiger partial charge < -0.3 is 20.3 Å². The Kier molecular flexibility index (Phi) is 7.76. The van der Waals surface area contributed by atoms with Crippen LogP contribution < -0.4 is 20.3 Å². The summed E-state index contributed by atoms with van der Waals surface area (Å²) in [6.07, 6.45) is -4.92. The first-order chi connectivity index (χ1) is 15.5. The Hall–Kier alpha value is -2.50. The van der Waals surface area contributed by atoms with Crippen molar-refractivity contribution in [2.45, 2.75) is 24.7 Å². The van der Waals surface area contributed by atoms with E-state index in [1.54, 1.807) is 0 Å². The predicted octanol–water partition coefficient (Wildman–Crippen LogP) is 3.37. The summed E-state index contributed by atoms with van der Waals surface area (Å²) >= 11 is 5.99. The number of alkyl halides is 3. The van der Waals surface area contributed by atoms with Gasteiger partial charge in [0.25, 0.3) is 5.91 Å². The van der Waals surface area contributed by atoms with Crippen LogP contribution in [0.15, 0.2) is 41.3 Å². The molecule has 1 fully saturated rings. The number of rotatable bonds is 7. The van der Waals surface area contributed by atoms with Crippen molar-refractivity contribution in [3.05, 3.63) is 52.5 Å². The Morgan fingerprint density at radius 1 is 1.18 bits per heavy atom. The Morgan fingerprint density at radius 2 is 1.88 bits per heavy atom. The van der Waals surface area contributed by atoms with E-state index in [0.717, 1.165) is 6.07 Å². The van der Waals surface area contributed by atoms with E-state index in [2.05, 4.69) is 15.4 Å². The minimum Gasteiger partial charge on any atom is -0.406 e. The Balaban J connectivity index is 1.87. The Labute approximate surface area is 194 Å². The summed E-state index contributed by atoms with van der Waals surface area (Å²) in [6, 6.07) is 7.94. The number of carbonyl (C=O) groups excluding carboxylic acids is 1. The van der Waals surface area contributed by atoms with Gasteiger partial charge >= 0.3 is 6.36 Å². The number of sulfone groups is 1. The monoisotopic (exact) mass is 505 g/mol. The number of hydrogen-bond donors (Lipinski definition) is 2. The van der Waals surface area contributed by atoms with Gasteiger partial charge in [0.1, 0.15) is 5.75 Å². The first-order valence-electron chi connectivity index (χ1n) is 10.1. The molecule has 1 aliphatic rings. The number of amides is 1. The maximum absolute atomic E-state index is 12.8. The number of carbonyl (C=O) groups is 1. The molecule has 0 saturated carbocycles. The van der Waals surface area contributed by atoms with Crippen molar-refractivity contribution in [3.63, 3.8) is 0 Å². The number of halogens is 4. The van der Waals surface area contributed by atoms with Crippen LogP contribution in [0.3, 0.4) is 0 Å². The summed E-state index contributed by atoms with van der Waals surface area (Å²) in [4.78, 5) is 14.7. The lowest BCUT2D eigenvalue weighted by molar-refractivity contribution is -0.274. The third-order valence-electron chi connectivity index (χ3n) is 5.05. The fraction of sp³-hybridized carbons (Fsp3) is 0.381. The van der Waals surface area contributed by atoms with Gasteiger partial charge in [-0.15, -0.1) is 13.2 Å². The Bertz CT molecular complexity index is 1120. The highest BCUT2D eigenvalue weighted by Gasteiger charge is 2.32. The van der Waals surface area contributed by atoms with Gasteiger partial charge in [-0.3, -0.25) is 4.79 Å². The van der Waals surface area contributed by atoms with Crippen molar-refractivity contribution >= 4 is 33.0 Å². The van der Waals surface area contributed by atoms with Crippen molar-refractivity contribution in [2.24, 2.45) is 0 Å². The van der Waals surface area contributed by atoms with Crippen LogP contribution in [0, 0.1) is 0 Å². The second-order valence-corrected chi connectivity index (χ2v) is 10.0. The van der Waals surface area contributed by atoms with E-state index in [4.69, 9.17) is 11.6 Å². The molecule has 2 N–H and O–H groups in total. The molecule has 1 aliphatic heterocycles. The van der Waals surface area contributed by atoms with E-state index in [9.17, 15) is 26.4 Å². The Morgan fingerprint density at radius 3 is 2.52 bits per heavy atom. The fourth-order valence-corrected chi connectivity index (χ4v) is 4.75. The van der Waals surface area contributed by atoms with E-state index < -0.39 is 27.9 Å². The first-order valence-corrected chi connectivity index (χ1v) is 12.2. The zero-order valence-corrected chi connectivity index (χ0v) is 19.3. The standard InChI is InChI=1S/C21H23ClF3N3O4S/c1-2-33(30,31)19-4-3-16(22)9-15(19)13-27-20(29)14-10-17(28-7-5-26-6-8-28)12-18(11-14)32-21(23,24)25/h3-4,9-12,26H,2,5-8,13H2,1H3,(H,27,29). The van der Waals surface area contributed by atoms with Crippen molar-refractivity contribution in [3.8, 4) is 5.75 Å². The zero-order valence-electron chi connectivity index (χ0n) is 17.7. The molecule has 0 aromatic heterocycles. The second-order valence-electron chi connectivity index (χ2n) is 7.34. The molecule has 1 amide bonds. The van der Waals surface area contributed by atoms with Gasteiger partial charge in [-0.25, -0.2) is 8.42 Å². The summed E-state index contributed by atoms with van der Waals surface area (Å²) in [7, 11) is -3.57. The maximum atomic E-state index is 12.8. The highest BCUT2D eigenvalue weighted by Crippen LogP contribution is 2.29. The van der Waals surface area contributed by atoms with E-state index in [1.165, 1.54) is 37.3 Å². The van der Waals surface area contributed by atoms with Crippen LogP contribution in [0.4, 0.5) is 18.9 Å². The average molecular weight is 506 g/mol. The molecule has 0 aliphatic carbocycles. The molecule has 33 heavy (non-hydrogen) atoms. The molecule has 1 heterocycles. The molecule has 1 saturated heterocycles. The normalized spacial score (nSPS) is 14.8. The van der Waals surface area contributed by atoms with E-state index >= 15 is 0 Å². The first kappa shape index (κ1) is 25.1. The largest absolute Gasteiger partial charge is 0.573 e. The number of hydrogen-bond acceptors (Lipinski definition) is 6. The lowest BCUT2D eigenvalue weighted by atomic mass is 10.1. The number of benzene rings is 2. The highest BCUT2D eigenvalue weighted by molar-refractivity contribution is 7.91. The van der Waals surface area contributed by atoms with Gasteiger partial charge in [-0.2, -0.15) is 0 Å². The van der Waals surface area contributed by atoms with Gasteiger partial charge in [0.2, 0.25) is 0 Å². The van der Waals surface area contributed by atoms with E-state index in [0.29, 0.717) is 31.9 Å². The van der Waals surface area contributed by atoms with Crippen molar-refractivity contribution < 1.29 is 31.1 Å². The minimum atomic E-state index is -4.92. The van der Waals surface area contributed by atoms with Gasteiger partial charge in [-0.1, -0.05) is 18.5 Å². The molecular formula is C21H23ClF3N3O4S. The van der Waals surface area contributed by atoms with Crippen LogP contribution in [0.25, 0.3) is 0 Å². The summed E-state index contributed by atoms with van der Waals surface area (Å²) in [6.45, 7) is 3.72. The minimum absolute atomic E-state index is 0.0327. The molecule has 3 rings (SSSR count). The fourth-order valence-electron chi connectivity index (χ4n) is 3.44. The quantitative estimate of drug-likeness (QED) is 0.600. The lowest BCUT2D eigenvalue weighted by Gasteiger charge is -2.30. The highest BCUT2D eigenvalue weighted by atomic mass is 35.5. The zero-order chi connectivity index (χ0) is 24.2. The molecule has 0 atom stereocenters. The molecule has 0 bridgehead atoms. The smallest absolute Gasteiger partial charge is 0.406 e. The number of ether oxygens (including phenoxy) is 1. The van der Waals surface area contributed by atoms with Gasteiger partial charge in [-0.05, 0) is 35.9 Å². The maximum Gasteiger partial charge on any atom is 0.573 e. The lowest BCUT2D eigenvalue weighted by Crippen LogP contribution is -2.43. The molecule has 0 radical (unpaired) electrons. The molecule has 0 spiro atoms. The summed E-state index contributed by atoms with van der Waals surface area (Å²) in [5.74, 6) is -1.33. The van der Waals surface area contributed by atoms with Crippen molar-refractivity contribution in [1.82, 2.24) is 10.6 Å². The van der Waals surface area contributed by atoms with Crippen molar-refractivity contribution in [1.29, 1.82) is 0 Å². The van der Waals surface area contributed by atoms with Crippen LogP contribution in [-0.2, 0) is 16.4 Å². The van der Waals surface area contributed by atoms with E-state index in [-0.39, 0.29) is 33.3 Å². The third kappa shape index (κ3) is 6.75. The molecule has 180 valence electrons. The van der Waals surface area contributed by atoms with Crippen LogP contribution in [-0.4, -0.2) is 52.6 Å². The van der Waals surface area contributed by atoms with Crippen LogP contribution in [0.2, 0.25) is 5.02 Å². The number of piperazine rings is 1. The second kappa shape index (κ2) is 10.2. The SMILES string of the molecule is CCS(=O)(=O)c1ccc(Cl)cc1CNC(=O)c1cc(OC(F)(F)F)cc(N2CCNCC2)c1. The van der Waals surface area contributed by atoms with Gasteiger partial charge in [0.05, 0.1) is 10.6 Å². The topological polar surface area (TPSA) is 87.7 Å². The molecule has 2 aromatic rings. The van der Waals surface area contributed by atoms with Crippen LogP contribution >= 0.6 is 11.6 Å². The number of nitrogens with zero attached hydrogens (tertiary/aromatic N) is 1. The summed E-state index contributed by atoms with van der Waals surface area (Å²) in [5.41, 5.74) is 0.648. The third-order valence-corrected chi connectivity index (χ3v) is 7.11. The molecule has 7 nitrogen and oxygen atoms in total. The van der Waals surface area contributed by atoms with Crippen LogP contribution in [0.1, 0.15) is 22.8 Å². The van der Waals surface area contributed by atoms with Gasteiger partial charge in [0, 0.05) is 55.1 Å². The molecule has 12 heteroatoms. The average Bonchev–Trinajstić information content (AvgIpc) is 2.76. The predicted molar refractivity (Wildman–Crippen MR) is 119 cm³/mol. The molecule has 0 unspecified atom stereocenters. The summed E-state index contributed by atoms with van der Waals surface area (Å²) in [5, 5.41) is 6.01. The number of anilines is 1. The van der Waals surface area contributed by atoms with Gasteiger partial charge in [0.15, 0.2) is 9.84 Å². The van der Waals surface area contributed by atoms with E-state index in [1.807, 2.05) is 4.90 Å². The molecule has 2 aromatic carbocycles. The van der Waals surface area contributed by atoms with Crippen molar-refractivity contribution in [2.75, 3.05) is 36.8 Å². The number of nitrogens with one attached hydrogen (secondary N) is 2. The molecular weight excluding hydrogens is 483 g/mol. The summed E-state index contributed by atoms with van der Waals surface area (Å²) < 4.78 is 67.3. The van der Waals surface area contributed by atoms with Crippen LogP contribution in [0.5, 0.6) is 5.75 Å².